The van der Waals surface area contributed by atoms with E-state index in [4.69, 9.17) is 5.73 Å². The fourth-order valence-electron chi connectivity index (χ4n) is 2.07. The molecule has 1 aromatic rings. The molecule has 1 aromatic heterocycles. The van der Waals surface area contributed by atoms with Gasteiger partial charge in [-0.3, -0.25) is 4.79 Å². The van der Waals surface area contributed by atoms with E-state index in [2.05, 4.69) is 9.97 Å². The van der Waals surface area contributed by atoms with Gasteiger partial charge < -0.3 is 5.73 Å². The number of rotatable bonds is 2. The van der Waals surface area contributed by atoms with E-state index in [0.717, 1.165) is 18.7 Å². The van der Waals surface area contributed by atoms with Gasteiger partial charge in [-0.25, -0.2) is 9.97 Å². The highest BCUT2D eigenvalue weighted by Gasteiger charge is 2.18. The monoisotopic (exact) mass is 205 g/mol. The van der Waals surface area contributed by atoms with Crippen LogP contribution in [0.2, 0.25) is 0 Å². The molecule has 1 fully saturated rings. The molecule has 0 spiro atoms. The molecular formula is C11H15N3O. The molecule has 0 atom stereocenters. The van der Waals surface area contributed by atoms with Crippen LogP contribution in [0, 0.1) is 0 Å². The normalized spacial score (nSPS) is 17.6. The Labute approximate surface area is 88.9 Å². The predicted octanol–water partition coefficient (Wildman–Crippen LogP) is 1.92. The highest BCUT2D eigenvalue weighted by atomic mass is 16.1. The topological polar surface area (TPSA) is 68.9 Å². The number of carbonyl (C=O) groups excluding carboxylic acids is 1. The van der Waals surface area contributed by atoms with E-state index >= 15 is 0 Å². The summed E-state index contributed by atoms with van der Waals surface area (Å²) < 4.78 is 0. The number of nitrogen functional groups attached to an aromatic ring is 1. The third-order valence-corrected chi connectivity index (χ3v) is 2.96. The van der Waals surface area contributed by atoms with E-state index in [0.29, 0.717) is 23.6 Å². The van der Waals surface area contributed by atoms with Crippen LogP contribution in [0.3, 0.4) is 0 Å². The lowest BCUT2D eigenvalue weighted by molar-refractivity contribution is 0.112. The molecule has 0 radical (unpaired) electrons. The van der Waals surface area contributed by atoms with E-state index in [1.165, 1.54) is 25.5 Å². The van der Waals surface area contributed by atoms with Gasteiger partial charge in [0, 0.05) is 12.1 Å². The van der Waals surface area contributed by atoms with Crippen molar-refractivity contribution >= 4 is 12.1 Å². The SMILES string of the molecule is Nc1nc(C2CCCCC2)ncc1C=O. The van der Waals surface area contributed by atoms with Crippen LogP contribution in [0.5, 0.6) is 0 Å². The molecule has 0 aliphatic heterocycles. The summed E-state index contributed by atoms with van der Waals surface area (Å²) in [5.41, 5.74) is 6.04. The smallest absolute Gasteiger partial charge is 0.155 e. The number of nitrogens with zero attached hydrogens (tertiary/aromatic N) is 2. The predicted molar refractivity (Wildman–Crippen MR) is 57.7 cm³/mol. The first-order valence-electron chi connectivity index (χ1n) is 5.39. The van der Waals surface area contributed by atoms with Crippen molar-refractivity contribution in [1.29, 1.82) is 0 Å². The highest BCUT2D eigenvalue weighted by molar-refractivity contribution is 5.80. The lowest BCUT2D eigenvalue weighted by Gasteiger charge is -2.20. The zero-order valence-corrected chi connectivity index (χ0v) is 8.65. The van der Waals surface area contributed by atoms with Crippen LogP contribution in [-0.2, 0) is 0 Å². The zero-order chi connectivity index (χ0) is 10.7. The molecule has 0 unspecified atom stereocenters. The molecule has 0 amide bonds. The third kappa shape index (κ3) is 2.14. The molecule has 4 nitrogen and oxygen atoms in total. The van der Waals surface area contributed by atoms with Gasteiger partial charge in [-0.15, -0.1) is 0 Å². The number of carbonyl (C=O) groups is 1. The molecule has 1 aliphatic rings. The summed E-state index contributed by atoms with van der Waals surface area (Å²) in [5, 5.41) is 0. The van der Waals surface area contributed by atoms with Crippen molar-refractivity contribution in [2.24, 2.45) is 0 Å². The second-order valence-corrected chi connectivity index (χ2v) is 4.02. The molecule has 15 heavy (non-hydrogen) atoms. The van der Waals surface area contributed by atoms with Gasteiger partial charge >= 0.3 is 0 Å². The number of aldehydes is 1. The summed E-state index contributed by atoms with van der Waals surface area (Å²) in [6, 6.07) is 0. The van der Waals surface area contributed by atoms with E-state index in [1.54, 1.807) is 0 Å². The maximum absolute atomic E-state index is 10.6. The number of nitrogens with two attached hydrogens (primary N) is 1. The summed E-state index contributed by atoms with van der Waals surface area (Å²) >= 11 is 0. The number of hydrogen-bond donors (Lipinski definition) is 1. The molecule has 1 heterocycles. The first-order valence-corrected chi connectivity index (χ1v) is 5.39. The first kappa shape index (κ1) is 10.1. The van der Waals surface area contributed by atoms with Gasteiger partial charge in [-0.2, -0.15) is 0 Å². The maximum atomic E-state index is 10.6. The molecule has 4 heteroatoms. The van der Waals surface area contributed by atoms with E-state index in [-0.39, 0.29) is 0 Å². The molecule has 0 aromatic carbocycles. The van der Waals surface area contributed by atoms with Crippen molar-refractivity contribution in [2.75, 3.05) is 5.73 Å². The van der Waals surface area contributed by atoms with E-state index in [1.807, 2.05) is 0 Å². The Kier molecular flexibility index (Phi) is 2.94. The van der Waals surface area contributed by atoms with Crippen molar-refractivity contribution < 1.29 is 4.79 Å². The van der Waals surface area contributed by atoms with Crippen LogP contribution >= 0.6 is 0 Å². The Morgan fingerprint density at radius 3 is 2.67 bits per heavy atom. The Morgan fingerprint density at radius 2 is 2.07 bits per heavy atom. The fourth-order valence-corrected chi connectivity index (χ4v) is 2.07. The van der Waals surface area contributed by atoms with Crippen LogP contribution in [0.1, 0.15) is 54.2 Å². The van der Waals surface area contributed by atoms with Gasteiger partial charge in [-0.05, 0) is 12.8 Å². The van der Waals surface area contributed by atoms with Gasteiger partial charge in [0.05, 0.1) is 5.56 Å². The standard InChI is InChI=1S/C11H15N3O/c12-10-9(7-15)6-13-11(14-10)8-4-2-1-3-5-8/h6-8H,1-5H2,(H2,12,13,14). The molecule has 0 bridgehead atoms. The fraction of sp³-hybridized carbons (Fsp3) is 0.545. The van der Waals surface area contributed by atoms with Crippen molar-refractivity contribution in [3.63, 3.8) is 0 Å². The van der Waals surface area contributed by atoms with Gasteiger partial charge in [0.2, 0.25) is 0 Å². The minimum atomic E-state index is 0.306. The molecule has 1 aliphatic carbocycles. The molecule has 2 N–H and O–H groups in total. The highest BCUT2D eigenvalue weighted by Crippen LogP contribution is 2.30. The Bertz CT molecular complexity index is 359. The van der Waals surface area contributed by atoms with Crippen molar-refractivity contribution in [3.8, 4) is 0 Å². The second-order valence-electron chi connectivity index (χ2n) is 4.02. The lowest BCUT2D eigenvalue weighted by atomic mass is 9.88. The molecular weight excluding hydrogens is 190 g/mol. The van der Waals surface area contributed by atoms with Gasteiger partial charge in [-0.1, -0.05) is 19.3 Å². The summed E-state index contributed by atoms with van der Waals surface area (Å²) in [4.78, 5) is 19.0. The average Bonchev–Trinajstić information content (AvgIpc) is 2.30. The number of anilines is 1. The van der Waals surface area contributed by atoms with E-state index < -0.39 is 0 Å². The van der Waals surface area contributed by atoms with E-state index in [9.17, 15) is 4.79 Å². The molecule has 1 saturated carbocycles. The Balaban J connectivity index is 2.21. The number of aromatic nitrogens is 2. The lowest BCUT2D eigenvalue weighted by Crippen LogP contribution is -2.11. The van der Waals surface area contributed by atoms with Crippen LogP contribution in [0.4, 0.5) is 5.82 Å². The van der Waals surface area contributed by atoms with Crippen molar-refractivity contribution in [2.45, 2.75) is 38.0 Å². The summed E-state index contributed by atoms with van der Waals surface area (Å²) in [5.74, 6) is 1.54. The second kappa shape index (κ2) is 4.38. The van der Waals surface area contributed by atoms with Gasteiger partial charge in [0.15, 0.2) is 6.29 Å². The third-order valence-electron chi connectivity index (χ3n) is 2.96. The summed E-state index contributed by atoms with van der Waals surface area (Å²) in [6.45, 7) is 0. The van der Waals surface area contributed by atoms with Gasteiger partial charge in [0.25, 0.3) is 0 Å². The maximum Gasteiger partial charge on any atom is 0.155 e. The number of hydrogen-bond acceptors (Lipinski definition) is 4. The van der Waals surface area contributed by atoms with Crippen molar-refractivity contribution in [3.05, 3.63) is 17.6 Å². The largest absolute Gasteiger partial charge is 0.383 e. The molecule has 0 saturated heterocycles. The Morgan fingerprint density at radius 1 is 1.33 bits per heavy atom. The quantitative estimate of drug-likeness (QED) is 0.749. The zero-order valence-electron chi connectivity index (χ0n) is 8.65. The van der Waals surface area contributed by atoms with Crippen LogP contribution < -0.4 is 5.73 Å². The molecule has 2 rings (SSSR count). The average molecular weight is 205 g/mol. The molecule has 80 valence electrons. The van der Waals surface area contributed by atoms with Crippen LogP contribution in [0.15, 0.2) is 6.20 Å². The minimum Gasteiger partial charge on any atom is -0.383 e. The first-order chi connectivity index (χ1) is 7.31. The minimum absolute atomic E-state index is 0.306. The van der Waals surface area contributed by atoms with Crippen LogP contribution in [0.25, 0.3) is 0 Å². The van der Waals surface area contributed by atoms with Gasteiger partial charge in [0.1, 0.15) is 11.6 Å². The Hall–Kier alpha value is -1.45. The van der Waals surface area contributed by atoms with Crippen LogP contribution in [-0.4, -0.2) is 16.3 Å². The van der Waals surface area contributed by atoms with Crippen molar-refractivity contribution in [1.82, 2.24) is 9.97 Å². The summed E-state index contributed by atoms with van der Waals surface area (Å²) in [7, 11) is 0. The summed E-state index contributed by atoms with van der Waals surface area (Å²) in [6.07, 6.45) is 8.28.